The van der Waals surface area contributed by atoms with E-state index in [1.54, 1.807) is 24.8 Å². The maximum atomic E-state index is 9.08. The Morgan fingerprint density at radius 2 is 0.527 bits per heavy atom. The van der Waals surface area contributed by atoms with Crippen LogP contribution in [0, 0.1) is 13.8 Å². The van der Waals surface area contributed by atoms with Gasteiger partial charge in [0.2, 0.25) is 0 Å². The monoisotopic (exact) mass is 1470 g/mol. The summed E-state index contributed by atoms with van der Waals surface area (Å²) in [5.41, 5.74) is 23.0. The molecule has 10 aromatic heterocycles. The molecular formula is C92H70N10O6S2-2. The molecule has 0 atom stereocenters. The van der Waals surface area contributed by atoms with Gasteiger partial charge in [0.25, 0.3) is 0 Å². The normalized spacial score (nSPS) is 11.0. The Morgan fingerprint density at radius 1 is 0.236 bits per heavy atom. The summed E-state index contributed by atoms with van der Waals surface area (Å²) in [6.45, 7) is 4.11. The summed E-state index contributed by atoms with van der Waals surface area (Å²) in [5.74, 6) is 0. The van der Waals surface area contributed by atoms with Crippen molar-refractivity contribution in [2.75, 3.05) is 12.5 Å². The molecule has 0 spiro atoms. The van der Waals surface area contributed by atoms with Gasteiger partial charge < -0.3 is 9.11 Å². The van der Waals surface area contributed by atoms with Crippen molar-refractivity contribution >= 4 is 107 Å². The molecule has 0 aliphatic carbocycles. The molecule has 19 aromatic rings. The number of rotatable bonds is 6. The molecule has 0 N–H and O–H groups in total. The lowest BCUT2D eigenvalue weighted by molar-refractivity contribution is 0.468. The largest absolute Gasteiger partial charge is 0.748 e. The van der Waals surface area contributed by atoms with Gasteiger partial charge in [-0.15, -0.1) is 0 Å². The van der Waals surface area contributed by atoms with E-state index < -0.39 is 20.2 Å². The lowest BCUT2D eigenvalue weighted by Crippen LogP contribution is -1.94. The van der Waals surface area contributed by atoms with Crippen LogP contribution in [0.25, 0.3) is 155 Å². The van der Waals surface area contributed by atoms with Crippen LogP contribution in [-0.2, 0) is 20.2 Å². The summed E-state index contributed by atoms with van der Waals surface area (Å²) in [6.07, 6.45) is 12.1. The average Bonchev–Trinajstić information content (AvgIpc) is 0.939. The number of aromatic nitrogens is 10. The molecule has 19 rings (SSSR count). The Morgan fingerprint density at radius 3 is 0.882 bits per heavy atom. The van der Waals surface area contributed by atoms with Gasteiger partial charge in [-0.2, -0.15) is 0 Å². The van der Waals surface area contributed by atoms with E-state index in [1.165, 1.54) is 44.5 Å². The second-order valence-electron chi connectivity index (χ2n) is 25.4. The number of fused-ring (bicyclic) bond motifs is 11. The van der Waals surface area contributed by atoms with Gasteiger partial charge in [0.1, 0.15) is 0 Å². The average molecular weight is 1480 g/mol. The minimum atomic E-state index is -3.92. The van der Waals surface area contributed by atoms with Gasteiger partial charge in [-0.25, -0.2) is 26.8 Å². The molecule has 0 saturated carbocycles. The van der Waals surface area contributed by atoms with Crippen LogP contribution in [0.5, 0.6) is 0 Å². The zero-order valence-corrected chi connectivity index (χ0v) is 61.9. The molecule has 0 bridgehead atoms. The maximum Gasteiger partial charge on any atom is 0.0974 e. The Labute approximate surface area is 636 Å². The molecule has 0 amide bonds. The number of benzene rings is 9. The molecule has 538 valence electrons. The van der Waals surface area contributed by atoms with Gasteiger partial charge >= 0.3 is 0 Å². The molecule has 18 heteroatoms. The van der Waals surface area contributed by atoms with Gasteiger partial charge in [0.15, 0.2) is 0 Å². The van der Waals surface area contributed by atoms with Crippen LogP contribution < -0.4 is 0 Å². The Hall–Kier alpha value is -13.6. The van der Waals surface area contributed by atoms with Crippen molar-refractivity contribution in [3.05, 3.63) is 364 Å². The lowest BCUT2D eigenvalue weighted by Gasteiger charge is -2.13. The van der Waals surface area contributed by atoms with Crippen LogP contribution in [-0.4, -0.2) is 88.3 Å². The van der Waals surface area contributed by atoms with Crippen LogP contribution in [0.2, 0.25) is 0 Å². The van der Waals surface area contributed by atoms with E-state index in [1.807, 2.05) is 134 Å². The number of pyridine rings is 10. The van der Waals surface area contributed by atoms with E-state index in [4.69, 9.17) is 35.9 Å². The van der Waals surface area contributed by atoms with Gasteiger partial charge in [-0.05, 0) is 143 Å². The minimum absolute atomic E-state index is 0.604. The number of nitrogens with zero attached hydrogens (tertiary/aromatic N) is 10. The van der Waals surface area contributed by atoms with E-state index in [9.17, 15) is 0 Å². The molecule has 0 aliphatic heterocycles. The quantitative estimate of drug-likeness (QED) is 0.111. The molecular weight excluding hydrogens is 1410 g/mol. The van der Waals surface area contributed by atoms with E-state index >= 15 is 0 Å². The molecule has 0 saturated heterocycles. The number of para-hydroxylation sites is 2. The highest BCUT2D eigenvalue weighted by atomic mass is 32.2. The van der Waals surface area contributed by atoms with Crippen LogP contribution >= 0.6 is 0 Å². The molecule has 16 nitrogen and oxygen atoms in total. The third-order valence-electron chi connectivity index (χ3n) is 17.4. The van der Waals surface area contributed by atoms with Gasteiger partial charge in [-0.1, -0.05) is 231 Å². The smallest absolute Gasteiger partial charge is 0.0974 e. The van der Waals surface area contributed by atoms with Crippen molar-refractivity contribution in [2.24, 2.45) is 0 Å². The Kier molecular flexibility index (Phi) is 23.6. The molecule has 0 unspecified atom stereocenters. The fourth-order valence-corrected chi connectivity index (χ4v) is 12.6. The first-order valence-electron chi connectivity index (χ1n) is 35.0. The van der Waals surface area contributed by atoms with Gasteiger partial charge in [-0.3, -0.25) is 39.9 Å². The van der Waals surface area contributed by atoms with Crippen LogP contribution in [0.3, 0.4) is 0 Å². The standard InChI is InChI=1S/C26H20N2.C24H16N2.C18H12N2.C12H8N2.C10H8N2.2CH4O3S/c1-17-15-23(19-9-5-3-6-10-19)21-13-14-22-24(20-11-7-4-8-12-20)16-18(2)28-26(22)25(21)27-17;1-3-7-17(8-4-1)19-13-15-25-23-21(19)11-12-22-20(14-16-26-24(22)23)18-9-5-2-6-10-18;1-3-7-15-13(5-1)9-11-17(19-15)18-12-10-14-6-2-4-8-16(14)20-18;1-3-9-5-6-10-4-2-8-14-12(10)11(9)13-7-1;1-3-7-11-9(5-1)10-6-2-4-8-12-10;2*1-5(2,3)4/h3-16H,1-2H3;1-16H;1-12H;1-8H;1-8H;2*1H3,(H,2,3,4)/p-2. The topological polar surface area (TPSA) is 243 Å². The molecule has 0 fully saturated rings. The van der Waals surface area contributed by atoms with Crippen molar-refractivity contribution in [1.82, 2.24) is 49.8 Å². The lowest BCUT2D eigenvalue weighted by atomic mass is 9.95. The predicted molar refractivity (Wildman–Crippen MR) is 444 cm³/mol. The van der Waals surface area contributed by atoms with E-state index in [0.29, 0.717) is 12.5 Å². The zero-order chi connectivity index (χ0) is 76.4. The number of hydrogen-bond acceptors (Lipinski definition) is 16. The van der Waals surface area contributed by atoms with Crippen molar-refractivity contribution < 1.29 is 25.9 Å². The van der Waals surface area contributed by atoms with Crippen molar-refractivity contribution in [3.8, 4) is 67.3 Å². The Balaban J connectivity index is 0.000000120. The Bertz CT molecular complexity index is 6230. The highest BCUT2D eigenvalue weighted by molar-refractivity contribution is 7.85. The SMILES string of the molecule is CS(=O)(=O)[O-].CS(=O)(=O)[O-].Cc1cc(-c2ccccc2)c2ccc3c(-c4ccccc4)cc(C)nc3c2n1.c1ccc(-c2ccccn2)nc1.c1ccc(-c2ccnc3c2ccc2c(-c4ccccc4)ccnc23)cc1.c1ccc2nc(-c3ccc4ccccc4n3)ccc2c1.c1cnc2c(c1)ccc1cccnc12. The minimum Gasteiger partial charge on any atom is -0.748 e. The fourth-order valence-electron chi connectivity index (χ4n) is 12.6. The van der Waals surface area contributed by atoms with Gasteiger partial charge in [0, 0.05) is 104 Å². The highest BCUT2D eigenvalue weighted by Crippen LogP contribution is 2.38. The van der Waals surface area contributed by atoms with Crippen molar-refractivity contribution in [2.45, 2.75) is 13.8 Å². The highest BCUT2D eigenvalue weighted by Gasteiger charge is 2.16. The molecule has 10 heterocycles. The summed E-state index contributed by atoms with van der Waals surface area (Å²) in [7, 11) is -7.83. The molecule has 110 heavy (non-hydrogen) atoms. The predicted octanol–water partition coefficient (Wildman–Crippen LogP) is 20.6. The molecule has 0 aliphatic rings. The fraction of sp³-hybridized carbons (Fsp3) is 0.0435. The van der Waals surface area contributed by atoms with E-state index in [2.05, 4.69) is 248 Å². The summed E-state index contributed by atoms with van der Waals surface area (Å²) >= 11 is 0. The third kappa shape index (κ3) is 19.1. The van der Waals surface area contributed by atoms with Gasteiger partial charge in [0.05, 0.1) is 87.1 Å². The van der Waals surface area contributed by atoms with Crippen LogP contribution in [0.1, 0.15) is 11.4 Å². The summed E-state index contributed by atoms with van der Waals surface area (Å²) in [5, 5.41) is 9.11. The number of aryl methyl sites for hydroxylation is 2. The first-order chi connectivity index (χ1) is 53.4. The first kappa shape index (κ1) is 74.6. The zero-order valence-electron chi connectivity index (χ0n) is 60.2. The summed E-state index contributed by atoms with van der Waals surface area (Å²) in [4.78, 5) is 45.6. The first-order valence-corrected chi connectivity index (χ1v) is 38.6. The second kappa shape index (κ2) is 34.7. The second-order valence-corrected chi connectivity index (χ2v) is 28.2. The van der Waals surface area contributed by atoms with Crippen molar-refractivity contribution in [3.63, 3.8) is 0 Å². The number of hydrogen-bond donors (Lipinski definition) is 0. The third-order valence-corrected chi connectivity index (χ3v) is 17.4. The van der Waals surface area contributed by atoms with Crippen LogP contribution in [0.4, 0.5) is 0 Å². The van der Waals surface area contributed by atoms with Crippen LogP contribution in [0.15, 0.2) is 353 Å². The molecule has 9 aromatic carbocycles. The van der Waals surface area contributed by atoms with E-state index in [-0.39, 0.29) is 0 Å². The van der Waals surface area contributed by atoms with E-state index in [0.717, 1.165) is 121 Å². The maximum absolute atomic E-state index is 9.08. The summed E-state index contributed by atoms with van der Waals surface area (Å²) < 4.78 is 54.5. The van der Waals surface area contributed by atoms with Crippen molar-refractivity contribution in [1.29, 1.82) is 0 Å². The molecule has 0 radical (unpaired) electrons. The summed E-state index contributed by atoms with van der Waals surface area (Å²) in [6, 6.07) is 107.